The van der Waals surface area contributed by atoms with E-state index in [0.29, 0.717) is 12.6 Å². The third-order valence-corrected chi connectivity index (χ3v) is 3.21. The summed E-state index contributed by atoms with van der Waals surface area (Å²) in [6, 6.07) is 0.399. The molecule has 1 fully saturated rings. The van der Waals surface area contributed by atoms with E-state index in [0.717, 1.165) is 18.2 Å². The van der Waals surface area contributed by atoms with Crippen molar-refractivity contribution in [2.24, 2.45) is 0 Å². The third kappa shape index (κ3) is 6.81. The molecule has 0 bridgehead atoms. The summed E-state index contributed by atoms with van der Waals surface area (Å²) in [5.74, 6) is 0. The number of nitrogens with one attached hydrogen (secondary N) is 2. The molecule has 0 amide bonds. The van der Waals surface area contributed by atoms with Crippen LogP contribution in [-0.2, 0) is 4.74 Å². The molecule has 0 spiro atoms. The molecule has 1 aliphatic rings. The Hall–Kier alpha value is -0.390. The standard InChI is InChI=1S/C12H25N3OS/c1-11(10-15-7-4-3-5-8-15)14-12(17)13-6-9-16-2/h11H,3-10H2,1-2H3,(H2,13,14,17). The predicted octanol–water partition coefficient (Wildman–Crippen LogP) is 0.971. The minimum atomic E-state index is 0.399. The molecule has 2 N–H and O–H groups in total. The molecule has 1 atom stereocenters. The molecule has 0 aliphatic carbocycles. The molecule has 0 aromatic heterocycles. The van der Waals surface area contributed by atoms with Crippen LogP contribution in [0.15, 0.2) is 0 Å². The molecule has 17 heavy (non-hydrogen) atoms. The Bertz CT molecular complexity index is 220. The topological polar surface area (TPSA) is 36.5 Å². The Morgan fingerprint density at radius 1 is 1.35 bits per heavy atom. The van der Waals surface area contributed by atoms with E-state index < -0.39 is 0 Å². The van der Waals surface area contributed by atoms with Crippen LogP contribution in [0.1, 0.15) is 26.2 Å². The summed E-state index contributed by atoms with van der Waals surface area (Å²) >= 11 is 5.22. The molecule has 0 aromatic rings. The lowest BCUT2D eigenvalue weighted by Gasteiger charge is -2.29. The van der Waals surface area contributed by atoms with Crippen LogP contribution in [0.3, 0.4) is 0 Å². The van der Waals surface area contributed by atoms with E-state index in [2.05, 4.69) is 22.5 Å². The summed E-state index contributed by atoms with van der Waals surface area (Å²) in [5.41, 5.74) is 0. The van der Waals surface area contributed by atoms with Crippen molar-refractivity contribution in [2.45, 2.75) is 32.2 Å². The maximum absolute atomic E-state index is 5.22. The van der Waals surface area contributed by atoms with Crippen LogP contribution < -0.4 is 10.6 Å². The summed E-state index contributed by atoms with van der Waals surface area (Å²) in [7, 11) is 1.69. The van der Waals surface area contributed by atoms with Crippen LogP contribution in [0.4, 0.5) is 0 Å². The highest BCUT2D eigenvalue weighted by atomic mass is 32.1. The van der Waals surface area contributed by atoms with Gasteiger partial charge in [-0.15, -0.1) is 0 Å². The van der Waals surface area contributed by atoms with Gasteiger partial charge in [0.1, 0.15) is 0 Å². The van der Waals surface area contributed by atoms with Gasteiger partial charge in [-0.3, -0.25) is 0 Å². The summed E-state index contributed by atoms with van der Waals surface area (Å²) in [6.45, 7) is 7.16. The van der Waals surface area contributed by atoms with Gasteiger partial charge in [-0.2, -0.15) is 0 Å². The average Bonchev–Trinajstić information content (AvgIpc) is 2.30. The van der Waals surface area contributed by atoms with Gasteiger partial charge in [-0.1, -0.05) is 6.42 Å². The fourth-order valence-electron chi connectivity index (χ4n) is 2.12. The zero-order chi connectivity index (χ0) is 12.5. The number of rotatable bonds is 6. The number of hydrogen-bond donors (Lipinski definition) is 2. The number of piperidine rings is 1. The van der Waals surface area contributed by atoms with Crippen LogP contribution >= 0.6 is 12.2 Å². The Balaban J connectivity index is 2.10. The highest BCUT2D eigenvalue weighted by Gasteiger charge is 2.13. The number of thiocarbonyl (C=S) groups is 1. The van der Waals surface area contributed by atoms with Crippen molar-refractivity contribution in [1.29, 1.82) is 0 Å². The van der Waals surface area contributed by atoms with Gasteiger partial charge in [0.05, 0.1) is 6.61 Å². The van der Waals surface area contributed by atoms with Crippen molar-refractivity contribution in [2.75, 3.05) is 39.9 Å². The van der Waals surface area contributed by atoms with Gasteiger partial charge in [0.2, 0.25) is 0 Å². The first-order valence-corrected chi connectivity index (χ1v) is 6.89. The number of hydrogen-bond acceptors (Lipinski definition) is 3. The van der Waals surface area contributed by atoms with Gasteiger partial charge < -0.3 is 20.3 Å². The minimum Gasteiger partial charge on any atom is -0.383 e. The zero-order valence-corrected chi connectivity index (χ0v) is 11.8. The van der Waals surface area contributed by atoms with E-state index in [1.165, 1.54) is 32.4 Å². The van der Waals surface area contributed by atoms with Gasteiger partial charge >= 0.3 is 0 Å². The quantitative estimate of drug-likeness (QED) is 0.549. The van der Waals surface area contributed by atoms with Crippen molar-refractivity contribution >= 4 is 17.3 Å². The molecule has 1 heterocycles. The maximum Gasteiger partial charge on any atom is 0.166 e. The molecular formula is C12H25N3OS. The first kappa shape index (κ1) is 14.7. The monoisotopic (exact) mass is 259 g/mol. The maximum atomic E-state index is 5.22. The van der Waals surface area contributed by atoms with Crippen molar-refractivity contribution < 1.29 is 4.74 Å². The first-order valence-electron chi connectivity index (χ1n) is 6.48. The Morgan fingerprint density at radius 2 is 2.06 bits per heavy atom. The number of likely N-dealkylation sites (tertiary alicyclic amines) is 1. The van der Waals surface area contributed by atoms with Crippen LogP contribution in [-0.4, -0.2) is 55.9 Å². The summed E-state index contributed by atoms with van der Waals surface area (Å²) in [6.07, 6.45) is 4.06. The van der Waals surface area contributed by atoms with Crippen LogP contribution in [0.5, 0.6) is 0 Å². The highest BCUT2D eigenvalue weighted by molar-refractivity contribution is 7.80. The van der Waals surface area contributed by atoms with Crippen LogP contribution in [0.25, 0.3) is 0 Å². The van der Waals surface area contributed by atoms with E-state index in [4.69, 9.17) is 17.0 Å². The number of ether oxygens (including phenoxy) is 1. The van der Waals surface area contributed by atoms with Gasteiger partial charge in [0.25, 0.3) is 0 Å². The van der Waals surface area contributed by atoms with Crippen LogP contribution in [0, 0.1) is 0 Å². The van der Waals surface area contributed by atoms with Crippen molar-refractivity contribution in [3.63, 3.8) is 0 Å². The fourth-order valence-corrected chi connectivity index (χ4v) is 2.42. The Morgan fingerprint density at radius 3 is 2.71 bits per heavy atom. The van der Waals surface area contributed by atoms with Crippen molar-refractivity contribution in [3.8, 4) is 0 Å². The molecule has 0 aromatic carbocycles. The third-order valence-electron chi connectivity index (χ3n) is 2.95. The predicted molar refractivity (Wildman–Crippen MR) is 75.4 cm³/mol. The summed E-state index contributed by atoms with van der Waals surface area (Å²) in [5, 5.41) is 7.17. The molecular weight excluding hydrogens is 234 g/mol. The largest absolute Gasteiger partial charge is 0.383 e. The second-order valence-corrected chi connectivity index (χ2v) is 5.06. The smallest absolute Gasteiger partial charge is 0.166 e. The molecule has 1 saturated heterocycles. The zero-order valence-electron chi connectivity index (χ0n) is 11.0. The lowest BCUT2D eigenvalue weighted by atomic mass is 10.1. The van der Waals surface area contributed by atoms with Gasteiger partial charge in [0.15, 0.2) is 5.11 Å². The first-order chi connectivity index (χ1) is 8.22. The molecule has 0 saturated carbocycles. The Labute approximate surface area is 110 Å². The van der Waals surface area contributed by atoms with Gasteiger partial charge in [0, 0.05) is 26.2 Å². The number of nitrogens with zero attached hydrogens (tertiary/aromatic N) is 1. The highest BCUT2D eigenvalue weighted by Crippen LogP contribution is 2.08. The fraction of sp³-hybridized carbons (Fsp3) is 0.917. The lowest BCUT2D eigenvalue weighted by Crippen LogP contribution is -2.47. The molecule has 1 rings (SSSR count). The molecule has 4 nitrogen and oxygen atoms in total. The molecule has 1 unspecified atom stereocenters. The average molecular weight is 259 g/mol. The molecule has 1 aliphatic heterocycles. The van der Waals surface area contributed by atoms with Crippen molar-refractivity contribution in [3.05, 3.63) is 0 Å². The SMILES string of the molecule is COCCNC(=S)NC(C)CN1CCCCC1. The number of methoxy groups -OCH3 is 1. The normalized spacial score (nSPS) is 18.7. The second-order valence-electron chi connectivity index (χ2n) is 4.66. The van der Waals surface area contributed by atoms with E-state index in [-0.39, 0.29) is 0 Å². The van der Waals surface area contributed by atoms with Crippen LogP contribution in [0.2, 0.25) is 0 Å². The Kier molecular flexibility index (Phi) is 7.48. The summed E-state index contributed by atoms with van der Waals surface area (Å²) in [4.78, 5) is 2.51. The van der Waals surface area contributed by atoms with E-state index in [1.807, 2.05) is 0 Å². The van der Waals surface area contributed by atoms with Gasteiger partial charge in [-0.25, -0.2) is 0 Å². The molecule has 5 heteroatoms. The minimum absolute atomic E-state index is 0.399. The molecule has 100 valence electrons. The summed E-state index contributed by atoms with van der Waals surface area (Å²) < 4.78 is 4.96. The lowest BCUT2D eigenvalue weighted by molar-refractivity contribution is 0.203. The second kappa shape index (κ2) is 8.66. The van der Waals surface area contributed by atoms with Crippen molar-refractivity contribution in [1.82, 2.24) is 15.5 Å². The van der Waals surface area contributed by atoms with E-state index >= 15 is 0 Å². The van der Waals surface area contributed by atoms with Gasteiger partial charge in [-0.05, 0) is 45.1 Å². The molecule has 0 radical (unpaired) electrons. The van der Waals surface area contributed by atoms with E-state index in [1.54, 1.807) is 7.11 Å². The van der Waals surface area contributed by atoms with E-state index in [9.17, 15) is 0 Å².